The third kappa shape index (κ3) is 2.52. The summed E-state index contributed by atoms with van der Waals surface area (Å²) in [7, 11) is 3.36. The Morgan fingerprint density at radius 1 is 1.18 bits per heavy atom. The molecule has 2 atom stereocenters. The lowest BCUT2D eigenvalue weighted by Crippen LogP contribution is -2.18. The van der Waals surface area contributed by atoms with Crippen LogP contribution in [0.5, 0.6) is 11.5 Å². The van der Waals surface area contributed by atoms with Crippen LogP contribution in [0.3, 0.4) is 0 Å². The van der Waals surface area contributed by atoms with Gasteiger partial charge in [-0.25, -0.2) is 0 Å². The van der Waals surface area contributed by atoms with Crippen molar-refractivity contribution in [3.8, 4) is 11.5 Å². The quantitative estimate of drug-likeness (QED) is 0.765. The first-order chi connectivity index (χ1) is 8.07. The zero-order valence-electron chi connectivity index (χ0n) is 10.6. The highest BCUT2D eigenvalue weighted by Gasteiger charge is 2.36. The van der Waals surface area contributed by atoms with E-state index in [0.29, 0.717) is 0 Å². The van der Waals surface area contributed by atoms with E-state index in [0.717, 1.165) is 30.8 Å². The van der Waals surface area contributed by atoms with E-state index < -0.39 is 0 Å². The van der Waals surface area contributed by atoms with Crippen LogP contribution in [-0.2, 0) is 5.41 Å². The number of methoxy groups -OCH3 is 2. The van der Waals surface area contributed by atoms with Gasteiger partial charge in [-0.3, -0.25) is 0 Å². The average Bonchev–Trinajstić information content (AvgIpc) is 2.70. The minimum absolute atomic E-state index is 0.147. The van der Waals surface area contributed by atoms with Gasteiger partial charge in [0.1, 0.15) is 11.5 Å². The largest absolute Gasteiger partial charge is 0.497 e. The van der Waals surface area contributed by atoms with Crippen LogP contribution in [0.15, 0.2) is 18.2 Å². The lowest BCUT2D eigenvalue weighted by molar-refractivity contribution is 0.388. The SMILES string of the molecule is COc1cc(OC)cc(C2(C)CCC(Cl)C2)c1. The molecular weight excluding hydrogens is 236 g/mol. The Balaban J connectivity index is 2.37. The van der Waals surface area contributed by atoms with E-state index in [1.54, 1.807) is 14.2 Å². The molecular formula is C14H19ClO2. The van der Waals surface area contributed by atoms with Crippen molar-refractivity contribution in [2.45, 2.75) is 37.0 Å². The minimum Gasteiger partial charge on any atom is -0.497 e. The second-order valence-electron chi connectivity index (χ2n) is 5.00. The Kier molecular flexibility index (Phi) is 3.53. The van der Waals surface area contributed by atoms with Gasteiger partial charge in [-0.15, -0.1) is 11.6 Å². The highest BCUT2D eigenvalue weighted by atomic mass is 35.5. The van der Waals surface area contributed by atoms with Crippen molar-refractivity contribution in [2.75, 3.05) is 14.2 Å². The van der Waals surface area contributed by atoms with E-state index >= 15 is 0 Å². The molecule has 94 valence electrons. The Morgan fingerprint density at radius 2 is 1.76 bits per heavy atom. The predicted octanol–water partition coefficient (Wildman–Crippen LogP) is 3.75. The maximum absolute atomic E-state index is 6.23. The summed E-state index contributed by atoms with van der Waals surface area (Å²) in [6.07, 6.45) is 3.22. The Morgan fingerprint density at radius 3 is 2.18 bits per heavy atom. The fraction of sp³-hybridized carbons (Fsp3) is 0.571. The van der Waals surface area contributed by atoms with Gasteiger partial charge >= 0.3 is 0 Å². The lowest BCUT2D eigenvalue weighted by Gasteiger charge is -2.25. The molecule has 1 aliphatic carbocycles. The van der Waals surface area contributed by atoms with Crippen LogP contribution in [0.2, 0.25) is 0 Å². The highest BCUT2D eigenvalue weighted by Crippen LogP contribution is 2.44. The average molecular weight is 255 g/mol. The molecule has 2 nitrogen and oxygen atoms in total. The van der Waals surface area contributed by atoms with Gasteiger partial charge in [0.2, 0.25) is 0 Å². The fourth-order valence-electron chi connectivity index (χ4n) is 2.59. The molecule has 0 amide bonds. The van der Waals surface area contributed by atoms with Crippen LogP contribution in [0.25, 0.3) is 0 Å². The standard InChI is InChI=1S/C14H19ClO2/c1-14(5-4-11(15)9-14)10-6-12(16-2)8-13(7-10)17-3/h6-8,11H,4-5,9H2,1-3H3. The molecule has 0 heterocycles. The van der Waals surface area contributed by atoms with Crippen LogP contribution >= 0.6 is 11.6 Å². The topological polar surface area (TPSA) is 18.5 Å². The van der Waals surface area contributed by atoms with Crippen molar-refractivity contribution >= 4 is 11.6 Å². The normalized spacial score (nSPS) is 28.1. The van der Waals surface area contributed by atoms with Crippen LogP contribution in [0, 0.1) is 0 Å². The van der Waals surface area contributed by atoms with Gasteiger partial charge < -0.3 is 9.47 Å². The van der Waals surface area contributed by atoms with Crippen molar-refractivity contribution < 1.29 is 9.47 Å². The third-order valence-corrected chi connectivity index (χ3v) is 4.10. The van der Waals surface area contributed by atoms with Crippen molar-refractivity contribution in [1.82, 2.24) is 0 Å². The first kappa shape index (κ1) is 12.6. The lowest BCUT2D eigenvalue weighted by atomic mass is 9.81. The molecule has 0 N–H and O–H groups in total. The molecule has 1 aliphatic rings. The molecule has 2 rings (SSSR count). The van der Waals surface area contributed by atoms with Gasteiger partial charge in [-0.1, -0.05) is 6.92 Å². The number of ether oxygens (including phenoxy) is 2. The molecule has 0 aliphatic heterocycles. The van der Waals surface area contributed by atoms with E-state index in [4.69, 9.17) is 21.1 Å². The van der Waals surface area contributed by atoms with Crippen molar-refractivity contribution in [3.63, 3.8) is 0 Å². The molecule has 0 aromatic heterocycles. The number of alkyl halides is 1. The Labute approximate surface area is 108 Å². The van der Waals surface area contributed by atoms with Crippen molar-refractivity contribution in [2.24, 2.45) is 0 Å². The third-order valence-electron chi connectivity index (χ3n) is 3.73. The molecule has 1 aromatic rings. The first-order valence-corrected chi connectivity index (χ1v) is 6.39. The van der Waals surface area contributed by atoms with E-state index in [9.17, 15) is 0 Å². The number of hydrogen-bond donors (Lipinski definition) is 0. The molecule has 1 fully saturated rings. The van der Waals surface area contributed by atoms with E-state index in [2.05, 4.69) is 19.1 Å². The maximum atomic E-state index is 6.23. The highest BCUT2D eigenvalue weighted by molar-refractivity contribution is 6.20. The van der Waals surface area contributed by atoms with Gasteiger partial charge in [-0.05, 0) is 42.4 Å². The number of hydrogen-bond acceptors (Lipinski definition) is 2. The predicted molar refractivity (Wildman–Crippen MR) is 70.4 cm³/mol. The molecule has 0 radical (unpaired) electrons. The number of rotatable bonds is 3. The van der Waals surface area contributed by atoms with Crippen LogP contribution in [0.4, 0.5) is 0 Å². The first-order valence-electron chi connectivity index (χ1n) is 5.95. The summed E-state index contributed by atoms with van der Waals surface area (Å²) >= 11 is 6.23. The summed E-state index contributed by atoms with van der Waals surface area (Å²) in [5.41, 5.74) is 1.41. The van der Waals surface area contributed by atoms with Crippen LogP contribution in [-0.4, -0.2) is 19.6 Å². The van der Waals surface area contributed by atoms with Gasteiger partial charge in [0.15, 0.2) is 0 Å². The van der Waals surface area contributed by atoms with Gasteiger partial charge in [0.25, 0.3) is 0 Å². The molecule has 1 aromatic carbocycles. The summed E-state index contributed by atoms with van der Waals surface area (Å²) in [5, 5.41) is 0.289. The minimum atomic E-state index is 0.147. The Hall–Kier alpha value is -0.890. The molecule has 1 saturated carbocycles. The van der Waals surface area contributed by atoms with Gasteiger partial charge in [0, 0.05) is 11.4 Å². The molecule has 2 unspecified atom stereocenters. The fourth-order valence-corrected chi connectivity index (χ4v) is 3.04. The van der Waals surface area contributed by atoms with Crippen LogP contribution in [0.1, 0.15) is 31.7 Å². The molecule has 0 bridgehead atoms. The number of benzene rings is 1. The Bertz CT molecular complexity index is 383. The second-order valence-corrected chi connectivity index (χ2v) is 5.62. The summed E-state index contributed by atoms with van der Waals surface area (Å²) in [4.78, 5) is 0. The van der Waals surface area contributed by atoms with Crippen molar-refractivity contribution in [3.05, 3.63) is 23.8 Å². The van der Waals surface area contributed by atoms with Gasteiger partial charge in [-0.2, -0.15) is 0 Å². The van der Waals surface area contributed by atoms with E-state index in [-0.39, 0.29) is 10.8 Å². The zero-order valence-corrected chi connectivity index (χ0v) is 11.4. The summed E-state index contributed by atoms with van der Waals surface area (Å²) in [5.74, 6) is 1.69. The smallest absolute Gasteiger partial charge is 0.122 e. The zero-order chi connectivity index (χ0) is 12.5. The molecule has 3 heteroatoms. The summed E-state index contributed by atoms with van der Waals surface area (Å²) in [6.45, 7) is 2.27. The molecule has 17 heavy (non-hydrogen) atoms. The monoisotopic (exact) mass is 254 g/mol. The van der Waals surface area contributed by atoms with Gasteiger partial charge in [0.05, 0.1) is 14.2 Å². The maximum Gasteiger partial charge on any atom is 0.122 e. The molecule has 0 saturated heterocycles. The molecule has 0 spiro atoms. The van der Waals surface area contributed by atoms with E-state index in [1.165, 1.54) is 5.56 Å². The summed E-state index contributed by atoms with van der Waals surface area (Å²) < 4.78 is 10.6. The summed E-state index contributed by atoms with van der Waals surface area (Å²) in [6, 6.07) is 6.09. The number of halogens is 1. The second kappa shape index (κ2) is 4.77. The van der Waals surface area contributed by atoms with Crippen LogP contribution < -0.4 is 9.47 Å². The van der Waals surface area contributed by atoms with E-state index in [1.807, 2.05) is 6.07 Å². The van der Waals surface area contributed by atoms with Crippen molar-refractivity contribution in [1.29, 1.82) is 0 Å².